The van der Waals surface area contributed by atoms with E-state index >= 15 is 0 Å². The van der Waals surface area contributed by atoms with Gasteiger partial charge in [0.1, 0.15) is 24.0 Å². The van der Waals surface area contributed by atoms with Gasteiger partial charge < -0.3 is 11.1 Å². The molecule has 0 saturated carbocycles. The molecule has 3 N–H and O–H groups in total. The van der Waals surface area contributed by atoms with Crippen LogP contribution < -0.4 is 11.1 Å². The number of rotatable bonds is 4. The van der Waals surface area contributed by atoms with E-state index in [0.29, 0.717) is 17.8 Å². The highest BCUT2D eigenvalue weighted by Crippen LogP contribution is 2.20. The Morgan fingerprint density at radius 1 is 1.29 bits per heavy atom. The first-order valence-electron chi connectivity index (χ1n) is 5.27. The molecule has 0 bridgehead atoms. The molecule has 0 spiro atoms. The lowest BCUT2D eigenvalue weighted by atomic mass is 10.2. The molecule has 4 nitrogen and oxygen atoms in total. The summed E-state index contributed by atoms with van der Waals surface area (Å²) in [5, 5.41) is 2.24. The summed E-state index contributed by atoms with van der Waals surface area (Å²) in [6, 6.07) is 0. The molecule has 1 rings (SSSR count). The number of hydrogen-bond acceptors (Lipinski definition) is 4. The van der Waals surface area contributed by atoms with Crippen molar-refractivity contribution in [3.63, 3.8) is 0 Å². The van der Waals surface area contributed by atoms with Gasteiger partial charge >= 0.3 is 6.18 Å². The molecule has 17 heavy (non-hydrogen) atoms. The molecule has 0 radical (unpaired) electrons. The van der Waals surface area contributed by atoms with Crippen LogP contribution in [0.1, 0.15) is 24.7 Å². The van der Waals surface area contributed by atoms with Gasteiger partial charge in [0.25, 0.3) is 0 Å². The molecule has 1 aromatic heterocycles. The number of aryl methyl sites for hydroxylation is 1. The number of nitrogens with one attached hydrogen (secondary N) is 1. The van der Waals surface area contributed by atoms with Crippen molar-refractivity contribution < 1.29 is 13.2 Å². The quantitative estimate of drug-likeness (QED) is 0.858. The molecule has 0 aromatic carbocycles. The number of aromatic nitrogens is 2. The van der Waals surface area contributed by atoms with Crippen molar-refractivity contribution >= 4 is 11.6 Å². The van der Waals surface area contributed by atoms with Gasteiger partial charge in [-0.15, -0.1) is 0 Å². The summed E-state index contributed by atoms with van der Waals surface area (Å²) in [5.74, 6) is 0.826. The van der Waals surface area contributed by atoms with E-state index < -0.39 is 12.7 Å². The molecule has 0 aliphatic carbocycles. The van der Waals surface area contributed by atoms with Crippen LogP contribution in [0.25, 0.3) is 0 Å². The van der Waals surface area contributed by atoms with Gasteiger partial charge in [-0.2, -0.15) is 13.2 Å². The van der Waals surface area contributed by atoms with E-state index in [-0.39, 0.29) is 11.6 Å². The number of alkyl halides is 3. The van der Waals surface area contributed by atoms with Crippen molar-refractivity contribution in [1.29, 1.82) is 0 Å². The largest absolute Gasteiger partial charge is 0.405 e. The van der Waals surface area contributed by atoms with Crippen molar-refractivity contribution in [1.82, 2.24) is 9.97 Å². The third-order valence-electron chi connectivity index (χ3n) is 2.16. The monoisotopic (exact) mass is 248 g/mol. The van der Waals surface area contributed by atoms with Gasteiger partial charge in [0.2, 0.25) is 0 Å². The summed E-state index contributed by atoms with van der Waals surface area (Å²) >= 11 is 0. The third kappa shape index (κ3) is 4.08. The van der Waals surface area contributed by atoms with Crippen LogP contribution in [0, 0.1) is 6.92 Å². The molecule has 96 valence electrons. The molecule has 1 heterocycles. The summed E-state index contributed by atoms with van der Waals surface area (Å²) in [6.45, 7) is 2.39. The topological polar surface area (TPSA) is 63.8 Å². The molecule has 0 unspecified atom stereocenters. The predicted octanol–water partition coefficient (Wildman–Crippen LogP) is 2.29. The standard InChI is InChI=1S/C10H15F3N4/c1-3-4-7-16-8(14)6(2)9(17-7)15-5-10(11,12)13/h3-5H2,1-2H3,(H3,14,15,16,17). The number of anilines is 2. The molecule has 1 aromatic rings. The fourth-order valence-corrected chi connectivity index (χ4v) is 1.27. The average molecular weight is 248 g/mol. The van der Waals surface area contributed by atoms with E-state index in [4.69, 9.17) is 5.73 Å². The summed E-state index contributed by atoms with van der Waals surface area (Å²) < 4.78 is 36.3. The molecular weight excluding hydrogens is 233 g/mol. The first-order valence-corrected chi connectivity index (χ1v) is 5.27. The minimum Gasteiger partial charge on any atom is -0.383 e. The lowest BCUT2D eigenvalue weighted by Crippen LogP contribution is -2.23. The Labute approximate surface area is 97.4 Å². The zero-order valence-corrected chi connectivity index (χ0v) is 9.73. The molecular formula is C10H15F3N4. The fourth-order valence-electron chi connectivity index (χ4n) is 1.27. The van der Waals surface area contributed by atoms with E-state index in [1.807, 2.05) is 6.92 Å². The Morgan fingerprint density at radius 2 is 1.94 bits per heavy atom. The van der Waals surface area contributed by atoms with E-state index in [9.17, 15) is 13.2 Å². The highest BCUT2D eigenvalue weighted by Gasteiger charge is 2.27. The highest BCUT2D eigenvalue weighted by atomic mass is 19.4. The summed E-state index contributed by atoms with van der Waals surface area (Å²) in [5.41, 5.74) is 6.06. The number of hydrogen-bond donors (Lipinski definition) is 2. The SMILES string of the molecule is CCCc1nc(N)c(C)c(NCC(F)(F)F)n1. The van der Waals surface area contributed by atoms with Crippen LogP contribution in [0.15, 0.2) is 0 Å². The van der Waals surface area contributed by atoms with Gasteiger partial charge in [-0.25, -0.2) is 9.97 Å². The van der Waals surface area contributed by atoms with Gasteiger partial charge in [0.05, 0.1) is 0 Å². The minimum atomic E-state index is -4.28. The molecule has 7 heteroatoms. The van der Waals surface area contributed by atoms with Crippen molar-refractivity contribution in [2.45, 2.75) is 32.9 Å². The van der Waals surface area contributed by atoms with Gasteiger partial charge in [-0.1, -0.05) is 6.92 Å². The fraction of sp³-hybridized carbons (Fsp3) is 0.600. The Morgan fingerprint density at radius 3 is 2.47 bits per heavy atom. The van der Waals surface area contributed by atoms with Gasteiger partial charge in [0.15, 0.2) is 0 Å². The first kappa shape index (κ1) is 13.5. The van der Waals surface area contributed by atoms with Crippen LogP contribution in [0.5, 0.6) is 0 Å². The first-order chi connectivity index (χ1) is 7.83. The summed E-state index contributed by atoms with van der Waals surface area (Å²) in [7, 11) is 0. The van der Waals surface area contributed by atoms with Gasteiger partial charge in [0, 0.05) is 12.0 Å². The van der Waals surface area contributed by atoms with Crippen LogP contribution in [0.3, 0.4) is 0 Å². The number of nitrogens with zero attached hydrogens (tertiary/aromatic N) is 2. The molecule has 0 amide bonds. The van der Waals surface area contributed by atoms with E-state index in [0.717, 1.165) is 6.42 Å². The third-order valence-corrected chi connectivity index (χ3v) is 2.16. The van der Waals surface area contributed by atoms with Crippen LogP contribution >= 0.6 is 0 Å². The lowest BCUT2D eigenvalue weighted by molar-refractivity contribution is -0.115. The maximum atomic E-state index is 12.1. The molecule has 0 aliphatic rings. The molecule has 0 fully saturated rings. The van der Waals surface area contributed by atoms with E-state index in [1.54, 1.807) is 6.92 Å². The normalized spacial score (nSPS) is 11.6. The Hall–Kier alpha value is -1.53. The van der Waals surface area contributed by atoms with Crippen molar-refractivity contribution in [3.05, 3.63) is 11.4 Å². The number of halogens is 3. The lowest BCUT2D eigenvalue weighted by Gasteiger charge is -2.13. The number of nitrogen functional groups attached to an aromatic ring is 1. The van der Waals surface area contributed by atoms with E-state index in [2.05, 4.69) is 15.3 Å². The smallest absolute Gasteiger partial charge is 0.383 e. The second-order valence-electron chi connectivity index (χ2n) is 3.72. The predicted molar refractivity (Wildman–Crippen MR) is 59.7 cm³/mol. The minimum absolute atomic E-state index is 0.151. The maximum Gasteiger partial charge on any atom is 0.405 e. The second kappa shape index (κ2) is 5.20. The van der Waals surface area contributed by atoms with Crippen molar-refractivity contribution in [2.24, 2.45) is 0 Å². The molecule has 0 saturated heterocycles. The average Bonchev–Trinajstić information content (AvgIpc) is 2.20. The Bertz CT molecular complexity index is 390. The second-order valence-corrected chi connectivity index (χ2v) is 3.72. The van der Waals surface area contributed by atoms with Crippen LogP contribution in [-0.2, 0) is 6.42 Å². The highest BCUT2D eigenvalue weighted by molar-refractivity contribution is 5.54. The molecule has 0 atom stereocenters. The summed E-state index contributed by atoms with van der Waals surface area (Å²) in [6.07, 6.45) is -2.89. The molecule has 0 aliphatic heterocycles. The van der Waals surface area contributed by atoms with Crippen molar-refractivity contribution in [3.8, 4) is 0 Å². The Kier molecular flexibility index (Phi) is 4.14. The van der Waals surface area contributed by atoms with Gasteiger partial charge in [-0.3, -0.25) is 0 Å². The van der Waals surface area contributed by atoms with Crippen molar-refractivity contribution in [2.75, 3.05) is 17.6 Å². The van der Waals surface area contributed by atoms with Crippen LogP contribution in [0.4, 0.5) is 24.8 Å². The maximum absolute atomic E-state index is 12.1. The van der Waals surface area contributed by atoms with Crippen LogP contribution in [-0.4, -0.2) is 22.7 Å². The number of nitrogens with two attached hydrogens (primary N) is 1. The van der Waals surface area contributed by atoms with Gasteiger partial charge in [-0.05, 0) is 13.3 Å². The zero-order valence-electron chi connectivity index (χ0n) is 9.73. The summed E-state index contributed by atoms with van der Waals surface area (Å²) in [4.78, 5) is 8.04. The van der Waals surface area contributed by atoms with E-state index in [1.165, 1.54) is 0 Å². The zero-order chi connectivity index (χ0) is 13.1. The Balaban J connectivity index is 2.89. The van der Waals surface area contributed by atoms with Crippen LogP contribution in [0.2, 0.25) is 0 Å².